The van der Waals surface area contributed by atoms with Crippen molar-refractivity contribution in [2.75, 3.05) is 13.2 Å². The van der Waals surface area contributed by atoms with Crippen molar-refractivity contribution in [2.24, 2.45) is 0 Å². The first-order chi connectivity index (χ1) is 10.1. The molecule has 0 saturated carbocycles. The average Bonchev–Trinajstić information content (AvgIpc) is 2.46. The molecule has 114 valence electrons. The van der Waals surface area contributed by atoms with Gasteiger partial charge in [0, 0.05) is 12.6 Å². The van der Waals surface area contributed by atoms with Crippen molar-refractivity contribution >= 4 is 11.9 Å². The van der Waals surface area contributed by atoms with Crippen molar-refractivity contribution in [1.82, 2.24) is 4.90 Å². The summed E-state index contributed by atoms with van der Waals surface area (Å²) >= 11 is 0. The van der Waals surface area contributed by atoms with E-state index in [1.807, 2.05) is 4.90 Å². The maximum absolute atomic E-state index is 12.1. The van der Waals surface area contributed by atoms with Gasteiger partial charge in [0.2, 0.25) is 0 Å². The van der Waals surface area contributed by atoms with E-state index >= 15 is 0 Å². The summed E-state index contributed by atoms with van der Waals surface area (Å²) in [5, 5.41) is 8.70. The second kappa shape index (κ2) is 7.11. The first-order valence-corrected chi connectivity index (χ1v) is 7.29. The number of aliphatic carboxylic acids is 1. The molecule has 1 N–H and O–H groups in total. The van der Waals surface area contributed by atoms with E-state index in [4.69, 9.17) is 9.84 Å². The Kier molecular flexibility index (Phi) is 5.20. The monoisotopic (exact) mass is 291 g/mol. The number of nitrogens with zero attached hydrogens (tertiary/aromatic N) is 1. The summed E-state index contributed by atoms with van der Waals surface area (Å²) in [5.41, 5.74) is 0.714. The molecule has 1 aliphatic rings. The van der Waals surface area contributed by atoms with Gasteiger partial charge < -0.3 is 14.7 Å². The van der Waals surface area contributed by atoms with Gasteiger partial charge in [0.05, 0.1) is 6.42 Å². The number of carbonyl (C=O) groups is 2. The highest BCUT2D eigenvalue weighted by atomic mass is 16.5. The lowest BCUT2D eigenvalue weighted by Gasteiger charge is -2.33. The number of carboxylic acid groups (broad SMARTS) is 1. The van der Waals surface area contributed by atoms with E-state index in [0.29, 0.717) is 11.3 Å². The van der Waals surface area contributed by atoms with E-state index < -0.39 is 5.97 Å². The molecule has 1 aromatic rings. The van der Waals surface area contributed by atoms with Crippen LogP contribution in [0.15, 0.2) is 24.3 Å². The molecule has 0 radical (unpaired) electrons. The predicted molar refractivity (Wildman–Crippen MR) is 78.3 cm³/mol. The van der Waals surface area contributed by atoms with Crippen molar-refractivity contribution in [3.63, 3.8) is 0 Å². The Bertz CT molecular complexity index is 498. The largest absolute Gasteiger partial charge is 0.484 e. The Morgan fingerprint density at radius 2 is 2.00 bits per heavy atom. The fraction of sp³-hybridized carbons (Fsp3) is 0.500. The van der Waals surface area contributed by atoms with Gasteiger partial charge in [0.15, 0.2) is 6.61 Å². The molecule has 0 spiro atoms. The van der Waals surface area contributed by atoms with Gasteiger partial charge in [-0.2, -0.15) is 0 Å². The molecule has 21 heavy (non-hydrogen) atoms. The highest BCUT2D eigenvalue weighted by molar-refractivity contribution is 5.78. The lowest BCUT2D eigenvalue weighted by Crippen LogP contribution is -2.44. The van der Waals surface area contributed by atoms with E-state index in [2.05, 4.69) is 6.92 Å². The van der Waals surface area contributed by atoms with E-state index in [-0.39, 0.29) is 25.0 Å². The third-order valence-electron chi connectivity index (χ3n) is 3.76. The zero-order chi connectivity index (χ0) is 15.2. The van der Waals surface area contributed by atoms with E-state index in [1.54, 1.807) is 24.3 Å². The van der Waals surface area contributed by atoms with Crippen LogP contribution in [0.2, 0.25) is 0 Å². The number of carbonyl (C=O) groups excluding carboxylic acids is 1. The van der Waals surface area contributed by atoms with E-state index in [9.17, 15) is 9.59 Å². The number of hydrogen-bond donors (Lipinski definition) is 1. The van der Waals surface area contributed by atoms with Crippen LogP contribution in [0.5, 0.6) is 5.75 Å². The summed E-state index contributed by atoms with van der Waals surface area (Å²) in [5.74, 6) is -0.267. The summed E-state index contributed by atoms with van der Waals surface area (Å²) in [7, 11) is 0. The molecule has 0 aliphatic carbocycles. The summed E-state index contributed by atoms with van der Waals surface area (Å²) in [6.07, 6.45) is 3.27. The molecule has 1 fully saturated rings. The predicted octanol–water partition coefficient (Wildman–Crippen LogP) is 2.09. The van der Waals surface area contributed by atoms with Crippen LogP contribution in [-0.2, 0) is 16.0 Å². The minimum atomic E-state index is -0.863. The molecule has 1 heterocycles. The number of rotatable bonds is 5. The molecule has 1 aliphatic heterocycles. The number of benzene rings is 1. The van der Waals surface area contributed by atoms with E-state index in [1.165, 1.54) is 6.42 Å². The van der Waals surface area contributed by atoms with Crippen LogP contribution >= 0.6 is 0 Å². The quantitative estimate of drug-likeness (QED) is 0.902. The fourth-order valence-corrected chi connectivity index (χ4v) is 2.57. The summed E-state index contributed by atoms with van der Waals surface area (Å²) < 4.78 is 5.49. The normalized spacial score (nSPS) is 18.3. The van der Waals surface area contributed by atoms with Crippen LogP contribution in [0.3, 0.4) is 0 Å². The third-order valence-corrected chi connectivity index (χ3v) is 3.76. The average molecular weight is 291 g/mol. The molecule has 1 saturated heterocycles. The lowest BCUT2D eigenvalue weighted by molar-refractivity contribution is -0.137. The van der Waals surface area contributed by atoms with Crippen molar-refractivity contribution in [2.45, 2.75) is 38.6 Å². The van der Waals surface area contributed by atoms with Gasteiger partial charge in [-0.3, -0.25) is 9.59 Å². The van der Waals surface area contributed by atoms with Crippen molar-refractivity contribution in [3.8, 4) is 5.75 Å². The van der Waals surface area contributed by atoms with Gasteiger partial charge in [0.25, 0.3) is 5.91 Å². The molecule has 1 atom stereocenters. The SMILES string of the molecule is CC1CCCCN1C(=O)COc1ccc(CC(=O)O)cc1. The Balaban J connectivity index is 1.84. The number of hydrogen-bond acceptors (Lipinski definition) is 3. The molecular weight excluding hydrogens is 270 g/mol. The van der Waals surface area contributed by atoms with Gasteiger partial charge >= 0.3 is 5.97 Å². The highest BCUT2D eigenvalue weighted by Gasteiger charge is 2.23. The molecule has 0 bridgehead atoms. The summed E-state index contributed by atoms with van der Waals surface area (Å²) in [6.45, 7) is 2.90. The summed E-state index contributed by atoms with van der Waals surface area (Å²) in [4.78, 5) is 24.6. The first kappa shape index (κ1) is 15.4. The number of likely N-dealkylation sites (tertiary alicyclic amines) is 1. The smallest absolute Gasteiger partial charge is 0.307 e. The van der Waals surface area contributed by atoms with Gasteiger partial charge in [-0.15, -0.1) is 0 Å². The number of carboxylic acids is 1. The number of ether oxygens (including phenoxy) is 1. The maximum atomic E-state index is 12.1. The molecular formula is C16H21NO4. The zero-order valence-electron chi connectivity index (χ0n) is 12.2. The molecule has 1 amide bonds. The Morgan fingerprint density at radius 1 is 1.29 bits per heavy atom. The van der Waals surface area contributed by atoms with Crippen LogP contribution in [0.1, 0.15) is 31.7 Å². The van der Waals surface area contributed by atoms with Crippen LogP contribution in [0, 0.1) is 0 Å². The number of amides is 1. The minimum Gasteiger partial charge on any atom is -0.484 e. The van der Waals surface area contributed by atoms with Crippen LogP contribution in [0.4, 0.5) is 0 Å². The second-order valence-electron chi connectivity index (χ2n) is 5.44. The van der Waals surface area contributed by atoms with Crippen molar-refractivity contribution in [3.05, 3.63) is 29.8 Å². The molecule has 2 rings (SSSR count). The number of piperidine rings is 1. The third kappa shape index (κ3) is 4.48. The maximum Gasteiger partial charge on any atom is 0.307 e. The zero-order valence-corrected chi connectivity index (χ0v) is 12.2. The Hall–Kier alpha value is -2.04. The van der Waals surface area contributed by atoms with E-state index in [0.717, 1.165) is 19.4 Å². The van der Waals surface area contributed by atoms with Gasteiger partial charge in [-0.25, -0.2) is 0 Å². The fourth-order valence-electron chi connectivity index (χ4n) is 2.57. The molecule has 0 aromatic heterocycles. The molecule has 5 nitrogen and oxygen atoms in total. The van der Waals surface area contributed by atoms with Gasteiger partial charge in [-0.05, 0) is 43.9 Å². The van der Waals surface area contributed by atoms with Crippen molar-refractivity contribution in [1.29, 1.82) is 0 Å². The molecule has 1 aromatic carbocycles. The van der Waals surface area contributed by atoms with Crippen LogP contribution in [0.25, 0.3) is 0 Å². The Morgan fingerprint density at radius 3 is 2.62 bits per heavy atom. The Labute approximate surface area is 124 Å². The minimum absolute atomic E-state index is 0.00942. The molecule has 1 unspecified atom stereocenters. The standard InChI is InChI=1S/C16H21NO4/c1-12-4-2-3-9-17(12)15(18)11-21-14-7-5-13(6-8-14)10-16(19)20/h5-8,12H,2-4,9-11H2,1H3,(H,19,20). The molecule has 5 heteroatoms. The summed E-state index contributed by atoms with van der Waals surface area (Å²) in [6, 6.07) is 7.10. The van der Waals surface area contributed by atoms with Gasteiger partial charge in [0.1, 0.15) is 5.75 Å². The first-order valence-electron chi connectivity index (χ1n) is 7.29. The van der Waals surface area contributed by atoms with Gasteiger partial charge in [-0.1, -0.05) is 12.1 Å². The van der Waals surface area contributed by atoms with Crippen LogP contribution in [-0.4, -0.2) is 41.1 Å². The topological polar surface area (TPSA) is 66.8 Å². The lowest BCUT2D eigenvalue weighted by atomic mass is 10.0. The second-order valence-corrected chi connectivity index (χ2v) is 5.44. The van der Waals surface area contributed by atoms with Crippen LogP contribution < -0.4 is 4.74 Å². The highest BCUT2D eigenvalue weighted by Crippen LogP contribution is 2.17. The van der Waals surface area contributed by atoms with Crippen molar-refractivity contribution < 1.29 is 19.4 Å².